The number of aromatic nitrogens is 3. The summed E-state index contributed by atoms with van der Waals surface area (Å²) in [6, 6.07) is 4.66. The number of fused-ring (bicyclic) bond motifs is 1. The molecule has 150 valence electrons. The van der Waals surface area contributed by atoms with E-state index in [4.69, 9.17) is 0 Å². The summed E-state index contributed by atoms with van der Waals surface area (Å²) in [5.41, 5.74) is 2.70. The maximum atomic E-state index is 12.9. The van der Waals surface area contributed by atoms with E-state index in [2.05, 4.69) is 20.9 Å². The first-order chi connectivity index (χ1) is 13.9. The quantitative estimate of drug-likeness (QED) is 0.669. The summed E-state index contributed by atoms with van der Waals surface area (Å²) in [7, 11) is 0. The van der Waals surface area contributed by atoms with Gasteiger partial charge in [-0.05, 0) is 18.6 Å². The predicted octanol–water partition coefficient (Wildman–Crippen LogP) is -0.293. The van der Waals surface area contributed by atoms with E-state index in [0.29, 0.717) is 36.3 Å². The van der Waals surface area contributed by atoms with Crippen LogP contribution in [-0.4, -0.2) is 56.1 Å². The van der Waals surface area contributed by atoms with Gasteiger partial charge in [0.25, 0.3) is 5.91 Å². The largest absolute Gasteiger partial charge is 0.356 e. The zero-order valence-electron chi connectivity index (χ0n) is 15.8. The summed E-state index contributed by atoms with van der Waals surface area (Å²) in [4.78, 5) is 49.0. The lowest BCUT2D eigenvalue weighted by molar-refractivity contribution is -0.137. The van der Waals surface area contributed by atoms with Gasteiger partial charge in [-0.25, -0.2) is 4.68 Å². The molecule has 0 spiro atoms. The normalized spacial score (nSPS) is 18.6. The third-order valence-corrected chi connectivity index (χ3v) is 5.10. The van der Waals surface area contributed by atoms with E-state index >= 15 is 0 Å². The molecule has 0 aliphatic carbocycles. The minimum absolute atomic E-state index is 0.106. The van der Waals surface area contributed by atoms with Crippen LogP contribution in [0.2, 0.25) is 0 Å². The number of hydrogen-bond acceptors (Lipinski definition) is 6. The van der Waals surface area contributed by atoms with Gasteiger partial charge < -0.3 is 10.2 Å². The highest BCUT2D eigenvalue weighted by molar-refractivity contribution is 6.05. The fourth-order valence-electron chi connectivity index (χ4n) is 3.68. The Kier molecular flexibility index (Phi) is 4.83. The minimum Gasteiger partial charge on any atom is -0.356 e. The van der Waals surface area contributed by atoms with Crippen LogP contribution in [0.4, 0.5) is 0 Å². The van der Waals surface area contributed by atoms with E-state index in [1.165, 1.54) is 11.8 Å². The second-order valence-corrected chi connectivity index (χ2v) is 7.09. The molecule has 2 aliphatic heterocycles. The molecule has 2 N–H and O–H groups in total. The predicted molar refractivity (Wildman–Crippen MR) is 99.8 cm³/mol. The highest BCUT2D eigenvalue weighted by atomic mass is 16.2. The first kappa shape index (κ1) is 18.8. The van der Waals surface area contributed by atoms with Crippen molar-refractivity contribution in [2.24, 2.45) is 0 Å². The Balaban J connectivity index is 1.56. The molecule has 0 bridgehead atoms. The molecular formula is C19H20N6O4. The van der Waals surface area contributed by atoms with Crippen molar-refractivity contribution in [3.8, 4) is 5.69 Å². The molecule has 1 unspecified atom stereocenters. The summed E-state index contributed by atoms with van der Waals surface area (Å²) in [6.07, 6.45) is 2.83. The smallest absolute Gasteiger partial charge is 0.255 e. The maximum absolute atomic E-state index is 12.9. The average Bonchev–Trinajstić information content (AvgIpc) is 3.27. The van der Waals surface area contributed by atoms with Crippen LogP contribution in [0.5, 0.6) is 0 Å². The van der Waals surface area contributed by atoms with Crippen molar-refractivity contribution in [1.82, 2.24) is 30.5 Å². The van der Waals surface area contributed by atoms with Gasteiger partial charge in [-0.2, -0.15) is 0 Å². The Labute approximate surface area is 166 Å². The van der Waals surface area contributed by atoms with Crippen molar-refractivity contribution in [2.45, 2.75) is 38.8 Å². The molecule has 0 saturated carbocycles. The monoisotopic (exact) mass is 396 g/mol. The number of carbonyl (C=O) groups is 4. The van der Waals surface area contributed by atoms with Crippen LogP contribution in [0.15, 0.2) is 24.4 Å². The van der Waals surface area contributed by atoms with Gasteiger partial charge in [-0.1, -0.05) is 11.3 Å². The molecule has 1 aromatic carbocycles. The Bertz CT molecular complexity index is 1010. The summed E-state index contributed by atoms with van der Waals surface area (Å²) >= 11 is 0. The molecule has 29 heavy (non-hydrogen) atoms. The Morgan fingerprint density at radius 1 is 1.31 bits per heavy atom. The molecule has 10 nitrogen and oxygen atoms in total. The number of amides is 4. The Hall–Kier alpha value is -3.56. The molecule has 4 amide bonds. The van der Waals surface area contributed by atoms with Crippen molar-refractivity contribution in [3.05, 3.63) is 41.2 Å². The molecule has 4 rings (SSSR count). The van der Waals surface area contributed by atoms with Gasteiger partial charge in [-0.3, -0.25) is 24.5 Å². The SMILES string of the molecule is CC(=O)NCCc1cn(-c2cccc3c2CN(C2CCC(=O)NC2=O)C3=O)nn1. The van der Waals surface area contributed by atoms with Crippen LogP contribution < -0.4 is 10.6 Å². The Morgan fingerprint density at radius 3 is 2.90 bits per heavy atom. The molecule has 1 atom stereocenters. The lowest BCUT2D eigenvalue weighted by atomic mass is 10.0. The van der Waals surface area contributed by atoms with E-state index in [9.17, 15) is 19.2 Å². The number of benzene rings is 1. The number of piperidine rings is 1. The highest BCUT2D eigenvalue weighted by Gasteiger charge is 2.40. The third-order valence-electron chi connectivity index (χ3n) is 5.10. The topological polar surface area (TPSA) is 126 Å². The van der Waals surface area contributed by atoms with Crippen LogP contribution in [0.25, 0.3) is 5.69 Å². The maximum Gasteiger partial charge on any atom is 0.255 e. The fourth-order valence-corrected chi connectivity index (χ4v) is 3.68. The zero-order valence-corrected chi connectivity index (χ0v) is 15.8. The molecule has 10 heteroatoms. The molecule has 1 saturated heterocycles. The second-order valence-electron chi connectivity index (χ2n) is 7.09. The number of rotatable bonds is 5. The standard InChI is InChI=1S/C19H20N6O4/c1-11(26)20-8-7-12-9-25(23-22-12)15-4-2-3-13-14(15)10-24(19(13)29)16-5-6-17(27)21-18(16)28/h2-4,9,16H,5-8,10H2,1H3,(H,20,26)(H,21,27,28). The van der Waals surface area contributed by atoms with Crippen molar-refractivity contribution < 1.29 is 19.2 Å². The van der Waals surface area contributed by atoms with E-state index in [1.54, 1.807) is 23.0 Å². The molecule has 3 heterocycles. The van der Waals surface area contributed by atoms with Gasteiger partial charge in [0.2, 0.25) is 17.7 Å². The molecule has 1 aromatic heterocycles. The summed E-state index contributed by atoms with van der Waals surface area (Å²) in [5.74, 6) is -1.09. The zero-order chi connectivity index (χ0) is 20.5. The van der Waals surface area contributed by atoms with Gasteiger partial charge in [0, 0.05) is 44.0 Å². The minimum atomic E-state index is -0.663. The van der Waals surface area contributed by atoms with E-state index in [0.717, 1.165) is 5.56 Å². The molecular weight excluding hydrogens is 376 g/mol. The molecule has 2 aromatic rings. The van der Waals surface area contributed by atoms with Crippen LogP contribution >= 0.6 is 0 Å². The van der Waals surface area contributed by atoms with Gasteiger partial charge in [-0.15, -0.1) is 5.10 Å². The summed E-state index contributed by atoms with van der Waals surface area (Å²) < 4.78 is 1.60. The summed E-state index contributed by atoms with van der Waals surface area (Å²) in [5, 5.41) is 13.3. The van der Waals surface area contributed by atoms with Crippen molar-refractivity contribution >= 4 is 23.6 Å². The van der Waals surface area contributed by atoms with Crippen LogP contribution in [-0.2, 0) is 27.3 Å². The van der Waals surface area contributed by atoms with Crippen LogP contribution in [0.3, 0.4) is 0 Å². The third kappa shape index (κ3) is 3.60. The molecule has 0 radical (unpaired) electrons. The first-order valence-electron chi connectivity index (χ1n) is 9.36. The fraction of sp³-hybridized carbons (Fsp3) is 0.368. The van der Waals surface area contributed by atoms with Crippen molar-refractivity contribution in [1.29, 1.82) is 0 Å². The first-order valence-corrected chi connectivity index (χ1v) is 9.36. The van der Waals surface area contributed by atoms with E-state index in [-0.39, 0.29) is 30.7 Å². The van der Waals surface area contributed by atoms with Crippen LogP contribution in [0, 0.1) is 0 Å². The highest BCUT2D eigenvalue weighted by Crippen LogP contribution is 2.31. The number of nitrogens with zero attached hydrogens (tertiary/aromatic N) is 4. The van der Waals surface area contributed by atoms with Gasteiger partial charge in [0.05, 0.1) is 17.6 Å². The van der Waals surface area contributed by atoms with Crippen molar-refractivity contribution in [2.75, 3.05) is 6.54 Å². The van der Waals surface area contributed by atoms with Crippen molar-refractivity contribution in [3.63, 3.8) is 0 Å². The second kappa shape index (κ2) is 7.46. The number of carbonyl (C=O) groups excluding carboxylic acids is 4. The number of imide groups is 1. The van der Waals surface area contributed by atoms with Gasteiger partial charge in [0.15, 0.2) is 0 Å². The average molecular weight is 396 g/mol. The molecule has 2 aliphatic rings. The van der Waals surface area contributed by atoms with Gasteiger partial charge in [0.1, 0.15) is 6.04 Å². The number of nitrogens with one attached hydrogen (secondary N) is 2. The lowest BCUT2D eigenvalue weighted by Crippen LogP contribution is -2.52. The Morgan fingerprint density at radius 2 is 2.14 bits per heavy atom. The van der Waals surface area contributed by atoms with E-state index in [1.807, 2.05) is 6.07 Å². The summed E-state index contributed by atoms with van der Waals surface area (Å²) in [6.45, 7) is 2.18. The lowest BCUT2D eigenvalue weighted by Gasteiger charge is -2.29. The molecule has 1 fully saturated rings. The van der Waals surface area contributed by atoms with Crippen LogP contribution in [0.1, 0.15) is 41.4 Å². The van der Waals surface area contributed by atoms with E-state index < -0.39 is 11.9 Å². The van der Waals surface area contributed by atoms with Gasteiger partial charge >= 0.3 is 0 Å². The number of hydrogen-bond donors (Lipinski definition) is 2.